The highest BCUT2D eigenvalue weighted by Crippen LogP contribution is 2.37. The van der Waals surface area contributed by atoms with E-state index in [1.54, 1.807) is 13.3 Å². The molecule has 1 amide bonds. The van der Waals surface area contributed by atoms with Crippen LogP contribution in [0.3, 0.4) is 0 Å². The Morgan fingerprint density at radius 3 is 3.03 bits per heavy atom. The van der Waals surface area contributed by atoms with E-state index < -0.39 is 5.91 Å². The second-order valence-corrected chi connectivity index (χ2v) is 8.81. The quantitative estimate of drug-likeness (QED) is 0.518. The van der Waals surface area contributed by atoms with Crippen LogP contribution in [0.5, 0.6) is 5.75 Å². The first-order valence-corrected chi connectivity index (χ1v) is 11.0. The van der Waals surface area contributed by atoms with Gasteiger partial charge in [0.15, 0.2) is 0 Å². The lowest BCUT2D eigenvalue weighted by Gasteiger charge is -2.33. The van der Waals surface area contributed by atoms with Crippen LogP contribution >= 0.6 is 11.3 Å². The molecule has 31 heavy (non-hydrogen) atoms. The number of fused-ring (bicyclic) bond motifs is 2. The number of pyridine rings is 1. The summed E-state index contributed by atoms with van der Waals surface area (Å²) in [5.74, 6) is 0.422. The van der Waals surface area contributed by atoms with Gasteiger partial charge in [-0.15, -0.1) is 11.3 Å². The van der Waals surface area contributed by atoms with Gasteiger partial charge in [-0.05, 0) is 23.8 Å². The minimum atomic E-state index is -0.429. The molecule has 0 unspecified atom stereocenters. The van der Waals surface area contributed by atoms with Crippen LogP contribution in [0.15, 0.2) is 42.7 Å². The summed E-state index contributed by atoms with van der Waals surface area (Å²) in [6.07, 6.45) is 3.69. The maximum absolute atomic E-state index is 12.1. The number of hydrogen-bond donors (Lipinski definition) is 1. The minimum Gasteiger partial charge on any atom is -0.497 e. The monoisotopic (exact) mass is 436 g/mol. The zero-order chi connectivity index (χ0) is 21.5. The Bertz CT molecular complexity index is 1280. The third-order valence-electron chi connectivity index (χ3n) is 5.88. The van der Waals surface area contributed by atoms with Gasteiger partial charge in [0, 0.05) is 61.5 Å². The fourth-order valence-corrected chi connectivity index (χ4v) is 5.46. The van der Waals surface area contributed by atoms with Crippen LogP contribution < -0.4 is 10.5 Å². The smallest absolute Gasteiger partial charge is 0.259 e. The van der Waals surface area contributed by atoms with Crippen molar-refractivity contribution in [3.63, 3.8) is 0 Å². The lowest BCUT2D eigenvalue weighted by molar-refractivity contribution is -0.0321. The van der Waals surface area contributed by atoms with Crippen molar-refractivity contribution < 1.29 is 14.3 Å². The molecule has 4 heterocycles. The Labute approximate surface area is 184 Å². The van der Waals surface area contributed by atoms with Gasteiger partial charge in [-0.1, -0.05) is 6.07 Å². The van der Waals surface area contributed by atoms with Gasteiger partial charge in [0.1, 0.15) is 15.5 Å². The van der Waals surface area contributed by atoms with E-state index in [2.05, 4.69) is 39.8 Å². The molecule has 0 spiro atoms. The van der Waals surface area contributed by atoms with Gasteiger partial charge < -0.3 is 19.8 Å². The summed E-state index contributed by atoms with van der Waals surface area (Å²) in [5, 5.41) is 2.17. The van der Waals surface area contributed by atoms with Gasteiger partial charge in [-0.2, -0.15) is 0 Å². The molecular weight excluding hydrogens is 412 g/mol. The number of aromatic nitrogens is 2. The number of ether oxygens (including phenoxy) is 2. The molecule has 2 N–H and O–H groups in total. The summed E-state index contributed by atoms with van der Waals surface area (Å²) in [7, 11) is 3.74. The first-order valence-electron chi connectivity index (χ1n) is 10.2. The number of hydrogen-bond acceptors (Lipinski definition) is 6. The SMILES string of the molecule is COc1ccc2c(CN3CCO[C@H](c4c(C(N)=O)sc5ncccc45)C3)cn(C)c2c1. The van der Waals surface area contributed by atoms with E-state index in [4.69, 9.17) is 15.2 Å². The number of aryl methyl sites for hydroxylation is 1. The Kier molecular flexibility index (Phi) is 5.13. The summed E-state index contributed by atoms with van der Waals surface area (Å²) < 4.78 is 13.6. The predicted octanol–water partition coefficient (Wildman–Crippen LogP) is 3.47. The van der Waals surface area contributed by atoms with Crippen molar-refractivity contribution in [1.29, 1.82) is 0 Å². The minimum absolute atomic E-state index is 0.218. The average molecular weight is 437 g/mol. The Morgan fingerprint density at radius 1 is 1.35 bits per heavy atom. The second kappa shape index (κ2) is 7.96. The zero-order valence-corrected chi connectivity index (χ0v) is 18.3. The largest absolute Gasteiger partial charge is 0.497 e. The standard InChI is InChI=1S/C23H24N4O3S/c1-26-11-14(16-6-5-15(29-2)10-18(16)26)12-27-8-9-30-19(13-27)20-17-4-3-7-25-23(17)31-21(20)22(24)28/h3-7,10-11,19H,8-9,12-13H2,1-2H3,(H2,24,28)/t19-/m0/s1. The van der Waals surface area contributed by atoms with Crippen LogP contribution in [0.25, 0.3) is 21.1 Å². The molecule has 1 saturated heterocycles. The number of nitrogens with zero attached hydrogens (tertiary/aromatic N) is 3. The molecule has 4 aromatic rings. The van der Waals surface area contributed by atoms with Crippen LogP contribution in [0.1, 0.15) is 26.9 Å². The van der Waals surface area contributed by atoms with Crippen LogP contribution in [0.4, 0.5) is 0 Å². The topological polar surface area (TPSA) is 82.6 Å². The highest BCUT2D eigenvalue weighted by molar-refractivity contribution is 7.20. The number of morpholine rings is 1. The van der Waals surface area contributed by atoms with E-state index in [9.17, 15) is 4.79 Å². The van der Waals surface area contributed by atoms with E-state index in [0.717, 1.165) is 40.1 Å². The molecule has 0 radical (unpaired) electrons. The van der Waals surface area contributed by atoms with E-state index >= 15 is 0 Å². The van der Waals surface area contributed by atoms with Gasteiger partial charge in [0.2, 0.25) is 0 Å². The number of primary amides is 1. The second-order valence-electron chi connectivity index (χ2n) is 7.81. The highest BCUT2D eigenvalue weighted by Gasteiger charge is 2.29. The van der Waals surface area contributed by atoms with E-state index in [0.29, 0.717) is 18.0 Å². The third kappa shape index (κ3) is 3.56. The highest BCUT2D eigenvalue weighted by atomic mass is 32.1. The molecule has 160 valence electrons. The first kappa shape index (κ1) is 20.0. The summed E-state index contributed by atoms with van der Waals surface area (Å²) in [5.41, 5.74) is 8.96. The molecule has 5 rings (SSSR count). The fraction of sp³-hybridized carbons (Fsp3) is 0.304. The van der Waals surface area contributed by atoms with Crippen LogP contribution in [-0.4, -0.2) is 47.2 Å². The summed E-state index contributed by atoms with van der Waals surface area (Å²) >= 11 is 1.34. The maximum Gasteiger partial charge on any atom is 0.259 e. The van der Waals surface area contributed by atoms with Gasteiger partial charge >= 0.3 is 0 Å². The summed E-state index contributed by atoms with van der Waals surface area (Å²) in [6, 6.07) is 10.0. The molecule has 8 heteroatoms. The predicted molar refractivity (Wildman–Crippen MR) is 122 cm³/mol. The van der Waals surface area contributed by atoms with Crippen molar-refractivity contribution in [3.8, 4) is 5.75 Å². The number of methoxy groups -OCH3 is 1. The van der Waals surface area contributed by atoms with Crippen molar-refractivity contribution in [2.24, 2.45) is 12.8 Å². The lowest BCUT2D eigenvalue weighted by Crippen LogP contribution is -2.38. The van der Waals surface area contributed by atoms with E-state index in [1.165, 1.54) is 22.3 Å². The summed E-state index contributed by atoms with van der Waals surface area (Å²) in [4.78, 5) is 20.3. The molecular formula is C23H24N4O3S. The van der Waals surface area contributed by atoms with Crippen molar-refractivity contribution in [1.82, 2.24) is 14.5 Å². The number of carbonyl (C=O) groups is 1. The van der Waals surface area contributed by atoms with Gasteiger partial charge in [0.25, 0.3) is 5.91 Å². The molecule has 3 aromatic heterocycles. The number of carbonyl (C=O) groups excluding carboxylic acids is 1. The van der Waals surface area contributed by atoms with Gasteiger partial charge in [-0.3, -0.25) is 9.69 Å². The molecule has 7 nitrogen and oxygen atoms in total. The molecule has 0 aliphatic carbocycles. The van der Waals surface area contributed by atoms with Crippen molar-refractivity contribution >= 4 is 38.4 Å². The third-order valence-corrected chi connectivity index (χ3v) is 7.02. The maximum atomic E-state index is 12.1. The molecule has 1 aliphatic rings. The van der Waals surface area contributed by atoms with Crippen molar-refractivity contribution in [2.45, 2.75) is 12.6 Å². The van der Waals surface area contributed by atoms with Crippen molar-refractivity contribution in [3.05, 3.63) is 58.7 Å². The number of nitrogens with two attached hydrogens (primary N) is 1. The molecule has 1 aromatic carbocycles. The van der Waals surface area contributed by atoms with Gasteiger partial charge in [0.05, 0.1) is 25.3 Å². The number of benzene rings is 1. The van der Waals surface area contributed by atoms with E-state index in [-0.39, 0.29) is 6.10 Å². The summed E-state index contributed by atoms with van der Waals surface area (Å²) in [6.45, 7) is 2.91. The van der Waals surface area contributed by atoms with Crippen LogP contribution in [0.2, 0.25) is 0 Å². The number of thiophene rings is 1. The number of amides is 1. The molecule has 1 fully saturated rings. The Morgan fingerprint density at radius 2 is 2.23 bits per heavy atom. The molecule has 1 atom stereocenters. The van der Waals surface area contributed by atoms with E-state index in [1.807, 2.05) is 18.2 Å². The van der Waals surface area contributed by atoms with Crippen LogP contribution in [-0.2, 0) is 18.3 Å². The van der Waals surface area contributed by atoms with Crippen molar-refractivity contribution in [2.75, 3.05) is 26.8 Å². The fourth-order valence-electron chi connectivity index (χ4n) is 4.42. The van der Waals surface area contributed by atoms with Crippen LogP contribution in [0, 0.1) is 0 Å². The number of rotatable bonds is 5. The average Bonchev–Trinajstić information content (AvgIpc) is 3.32. The Hall–Kier alpha value is -2.94. The zero-order valence-electron chi connectivity index (χ0n) is 17.5. The molecule has 1 aliphatic heterocycles. The molecule has 0 bridgehead atoms. The lowest BCUT2D eigenvalue weighted by atomic mass is 10.0. The van der Waals surface area contributed by atoms with Gasteiger partial charge in [-0.25, -0.2) is 4.98 Å². The molecule has 0 saturated carbocycles. The Balaban J connectivity index is 1.45. The normalized spacial score (nSPS) is 17.4. The first-order chi connectivity index (χ1) is 15.0.